The van der Waals surface area contributed by atoms with Crippen LogP contribution < -0.4 is 10.6 Å². The number of oxime groups is 1. The average Bonchev–Trinajstić information content (AvgIpc) is 4.02. The number of benzene rings is 5. The summed E-state index contributed by atoms with van der Waals surface area (Å²) >= 11 is 3.15. The third-order valence-electron chi connectivity index (χ3n) is 11.5. The number of carbonyl (C=O) groups excluding carboxylic acids is 5. The van der Waals surface area contributed by atoms with Crippen LogP contribution in [0.1, 0.15) is 45.2 Å². The Hall–Kier alpha value is -7.67. The number of aryl methyl sites for hydroxylation is 1. The van der Waals surface area contributed by atoms with E-state index in [1.54, 1.807) is 0 Å². The summed E-state index contributed by atoms with van der Waals surface area (Å²) in [4.78, 5) is 75.0. The number of carbonyl (C=O) groups is 5. The minimum Gasteiger partial charge on any atom is -0.448 e. The Morgan fingerprint density at radius 1 is 0.855 bits per heavy atom. The van der Waals surface area contributed by atoms with Gasteiger partial charge in [-0.2, -0.15) is 9.49 Å². The number of nitrogens with one attached hydrogen (secondary N) is 2. The molecule has 1 fully saturated rings. The summed E-state index contributed by atoms with van der Waals surface area (Å²) in [5, 5.41) is 11.2. The van der Waals surface area contributed by atoms with Crippen LogP contribution in [-0.2, 0) is 45.5 Å². The SMILES string of the molecule is O=CNc1nc(/C(=N/OC=O)C(=O)N[C@@H]2C(=O)N3C(C(=O)OC(c4ccccc4)c4ccccc4)=C(SCCc4cnn(C(c5ccccc5)(c5ccccc5)c5ccccc5)c4)CS[C@@H]23)c(F)s1. The molecule has 14 nitrogen and oxygen atoms in total. The predicted octanol–water partition coefficient (Wildman–Crippen LogP) is 7.68. The maximum Gasteiger partial charge on any atom is 0.356 e. The third-order valence-corrected chi connectivity index (χ3v) is 14.8. The number of nitrogens with zero attached hydrogens (tertiary/aromatic N) is 5. The van der Waals surface area contributed by atoms with Gasteiger partial charge < -0.3 is 20.2 Å². The topological polar surface area (TPSA) is 174 Å². The first-order valence-corrected chi connectivity index (χ1v) is 24.3. The van der Waals surface area contributed by atoms with Gasteiger partial charge in [0.25, 0.3) is 11.8 Å². The molecule has 2 N–H and O–H groups in total. The predicted molar refractivity (Wildman–Crippen MR) is 261 cm³/mol. The number of rotatable bonds is 19. The Kier molecular flexibility index (Phi) is 14.2. The van der Waals surface area contributed by atoms with E-state index < -0.39 is 57.4 Å². The number of ether oxygens (including phenoxy) is 1. The number of esters is 1. The number of β-lactam (4-membered cyclic amide) rings is 1. The molecular formula is C51H40FN7O7S3. The van der Waals surface area contributed by atoms with Crippen molar-refractivity contribution in [3.8, 4) is 0 Å². The monoisotopic (exact) mass is 977 g/mol. The fourth-order valence-corrected chi connectivity index (χ4v) is 11.7. The van der Waals surface area contributed by atoms with Gasteiger partial charge in [0, 0.05) is 22.6 Å². The Balaban J connectivity index is 1.01. The van der Waals surface area contributed by atoms with Gasteiger partial charge in [0.15, 0.2) is 16.9 Å². The highest BCUT2D eigenvalue weighted by Crippen LogP contribution is 2.45. The molecule has 5 aromatic carbocycles. The molecule has 0 radical (unpaired) electrons. The van der Waals surface area contributed by atoms with E-state index in [1.807, 2.05) is 132 Å². The van der Waals surface area contributed by atoms with Crippen LogP contribution in [0.25, 0.3) is 0 Å². The molecule has 2 atom stereocenters. The molecule has 2 aromatic heterocycles. The van der Waals surface area contributed by atoms with Gasteiger partial charge in [-0.3, -0.25) is 28.8 Å². The van der Waals surface area contributed by atoms with E-state index in [-0.39, 0.29) is 29.5 Å². The van der Waals surface area contributed by atoms with Gasteiger partial charge in [-0.05, 0) is 39.8 Å². The molecule has 69 heavy (non-hydrogen) atoms. The number of anilines is 1. The molecule has 3 amide bonds. The van der Waals surface area contributed by atoms with Crippen LogP contribution in [-0.4, -0.2) is 79.0 Å². The van der Waals surface area contributed by atoms with E-state index in [1.165, 1.54) is 28.4 Å². The van der Waals surface area contributed by atoms with Crippen molar-refractivity contribution in [2.24, 2.45) is 5.16 Å². The van der Waals surface area contributed by atoms with E-state index in [0.717, 1.165) is 22.3 Å². The first kappa shape index (κ1) is 46.4. The van der Waals surface area contributed by atoms with Gasteiger partial charge in [-0.15, -0.1) is 23.5 Å². The molecule has 9 rings (SSSR count). The second kappa shape index (κ2) is 21.1. The minimum atomic E-state index is -1.21. The molecule has 0 spiro atoms. The van der Waals surface area contributed by atoms with Gasteiger partial charge in [-0.1, -0.05) is 168 Å². The lowest BCUT2D eigenvalue weighted by atomic mass is 9.77. The highest BCUT2D eigenvalue weighted by atomic mass is 32.2. The molecule has 2 aliphatic heterocycles. The normalized spacial score (nSPS) is 15.8. The highest BCUT2D eigenvalue weighted by Gasteiger charge is 2.55. The lowest BCUT2D eigenvalue weighted by molar-refractivity contribution is -0.154. The van der Waals surface area contributed by atoms with Gasteiger partial charge in [0.1, 0.15) is 28.3 Å². The van der Waals surface area contributed by atoms with Crippen LogP contribution in [0.5, 0.6) is 0 Å². The smallest absolute Gasteiger partial charge is 0.356 e. The van der Waals surface area contributed by atoms with Crippen molar-refractivity contribution in [1.29, 1.82) is 0 Å². The lowest BCUT2D eigenvalue weighted by Crippen LogP contribution is -2.71. The molecule has 0 aliphatic carbocycles. The number of thioether (sulfide) groups is 2. The van der Waals surface area contributed by atoms with E-state index in [4.69, 9.17) is 9.84 Å². The summed E-state index contributed by atoms with van der Waals surface area (Å²) in [6.07, 6.45) is 3.89. The lowest BCUT2D eigenvalue weighted by Gasteiger charge is -2.49. The van der Waals surface area contributed by atoms with E-state index >= 15 is 4.39 Å². The van der Waals surface area contributed by atoms with Crippen molar-refractivity contribution >= 4 is 76.4 Å². The second-order valence-corrected chi connectivity index (χ2v) is 18.7. The number of halogens is 1. The average molecular weight is 978 g/mol. The van der Waals surface area contributed by atoms with E-state index in [2.05, 4.69) is 62.0 Å². The Morgan fingerprint density at radius 3 is 1.97 bits per heavy atom. The molecule has 0 saturated carbocycles. The molecule has 0 unspecified atom stereocenters. The van der Waals surface area contributed by atoms with Crippen molar-refractivity contribution in [1.82, 2.24) is 25.0 Å². The quantitative estimate of drug-likeness (QED) is 0.0155. The maximum absolute atomic E-state index is 15.0. The van der Waals surface area contributed by atoms with Gasteiger partial charge in [0.2, 0.25) is 11.5 Å². The van der Waals surface area contributed by atoms with Crippen molar-refractivity contribution in [2.45, 2.75) is 29.5 Å². The summed E-state index contributed by atoms with van der Waals surface area (Å²) in [5.41, 5.74) is 3.33. The third kappa shape index (κ3) is 9.46. The fraction of sp³-hybridized carbons (Fsp3) is 0.137. The van der Waals surface area contributed by atoms with Crippen LogP contribution in [0.3, 0.4) is 0 Å². The molecule has 2 aliphatic rings. The van der Waals surface area contributed by atoms with Crippen LogP contribution in [0, 0.1) is 5.13 Å². The van der Waals surface area contributed by atoms with Crippen molar-refractivity contribution in [3.05, 3.63) is 219 Å². The summed E-state index contributed by atoms with van der Waals surface area (Å²) < 4.78 is 23.4. The largest absolute Gasteiger partial charge is 0.448 e. The summed E-state index contributed by atoms with van der Waals surface area (Å²) in [7, 11) is 0. The first-order chi connectivity index (χ1) is 33.8. The molecule has 346 valence electrons. The maximum atomic E-state index is 15.0. The number of amides is 3. The molecule has 4 heterocycles. The zero-order chi connectivity index (χ0) is 47.7. The standard InChI is InChI=1S/C51H40FN7O7S3/c52-45-40(56-50(69-45)53-31-60)41(57-65-32-61)46(62)55-42-47(63)59-43(49(64)66-44(34-16-6-1-7-17-34)35-18-8-2-9-19-35)39(30-68-48(42)59)67-27-26-33-28-54-58(29-33)51(36-20-10-3-11-21-36,37-22-12-4-13-23-37)38-24-14-5-15-25-38/h1-25,28-29,31-32,42,44,48H,26-27,30H2,(H,55,62)(H,53,56,60)/b57-41-/t42-,48+/m1/s1. The Labute approximate surface area is 407 Å². The molecule has 7 aromatic rings. The number of aromatic nitrogens is 3. The van der Waals surface area contributed by atoms with Crippen molar-refractivity contribution in [3.63, 3.8) is 0 Å². The summed E-state index contributed by atoms with van der Waals surface area (Å²) in [5.74, 6) is -1.70. The van der Waals surface area contributed by atoms with E-state index in [9.17, 15) is 24.0 Å². The summed E-state index contributed by atoms with van der Waals surface area (Å²) in [6, 6.07) is 48.0. The number of thiazole rings is 1. The first-order valence-electron chi connectivity index (χ1n) is 21.5. The molecule has 18 heteroatoms. The van der Waals surface area contributed by atoms with Crippen molar-refractivity contribution in [2.75, 3.05) is 16.8 Å². The van der Waals surface area contributed by atoms with Crippen LogP contribution in [0.2, 0.25) is 0 Å². The van der Waals surface area contributed by atoms with Gasteiger partial charge in [-0.25, -0.2) is 9.78 Å². The molecule has 1 saturated heterocycles. The zero-order valence-corrected chi connectivity index (χ0v) is 38.7. The minimum absolute atomic E-state index is 0.0383. The highest BCUT2D eigenvalue weighted by molar-refractivity contribution is 8.06. The number of fused-ring (bicyclic) bond motifs is 1. The van der Waals surface area contributed by atoms with Crippen LogP contribution in [0.4, 0.5) is 9.52 Å². The van der Waals surface area contributed by atoms with Crippen LogP contribution >= 0.6 is 34.9 Å². The van der Waals surface area contributed by atoms with Crippen molar-refractivity contribution < 1.29 is 37.9 Å². The summed E-state index contributed by atoms with van der Waals surface area (Å²) in [6.45, 7) is -0.0746. The van der Waals surface area contributed by atoms with Gasteiger partial charge in [0.05, 0.1) is 6.20 Å². The molecule has 0 bridgehead atoms. The van der Waals surface area contributed by atoms with Gasteiger partial charge >= 0.3 is 12.4 Å². The second-order valence-electron chi connectivity index (χ2n) is 15.5. The van der Waals surface area contributed by atoms with E-state index in [0.29, 0.717) is 39.5 Å². The number of hydrogen-bond acceptors (Lipinski definition) is 13. The number of hydrogen-bond donors (Lipinski definition) is 2. The Morgan fingerprint density at radius 2 is 1.42 bits per heavy atom. The Bertz CT molecular complexity index is 2900. The van der Waals surface area contributed by atoms with Crippen LogP contribution in [0.15, 0.2) is 180 Å². The fourth-order valence-electron chi connectivity index (χ4n) is 8.37. The molecular weight excluding hydrogens is 938 g/mol. The zero-order valence-electron chi connectivity index (χ0n) is 36.3.